The van der Waals surface area contributed by atoms with Crippen molar-refractivity contribution in [1.29, 1.82) is 0 Å². The minimum atomic E-state index is 0.00509. The molecule has 1 heterocycles. The standard InChI is InChI=1S/C9H11NO/c1-7(2)8-4-5-10(3)9(11)6-8/h4-6H,1H2,2-3H3. The van der Waals surface area contributed by atoms with Crippen LogP contribution in [0.5, 0.6) is 0 Å². The van der Waals surface area contributed by atoms with Gasteiger partial charge in [-0.1, -0.05) is 12.2 Å². The molecule has 2 nitrogen and oxygen atoms in total. The second-order valence-corrected chi connectivity index (χ2v) is 2.64. The molecule has 0 saturated heterocycles. The molecule has 1 aromatic rings. The van der Waals surface area contributed by atoms with E-state index in [0.717, 1.165) is 11.1 Å². The summed E-state index contributed by atoms with van der Waals surface area (Å²) in [5.74, 6) is 0. The lowest BCUT2D eigenvalue weighted by Gasteiger charge is -1.99. The Morgan fingerprint density at radius 3 is 2.73 bits per heavy atom. The predicted octanol–water partition coefficient (Wildman–Crippen LogP) is 1.42. The summed E-state index contributed by atoms with van der Waals surface area (Å²) in [5, 5.41) is 0. The van der Waals surface area contributed by atoms with Crippen molar-refractivity contribution in [2.75, 3.05) is 0 Å². The molecule has 0 amide bonds. The second kappa shape index (κ2) is 2.74. The Kier molecular flexibility index (Phi) is 1.94. The van der Waals surface area contributed by atoms with E-state index in [4.69, 9.17) is 0 Å². The fourth-order valence-electron chi connectivity index (χ4n) is 0.814. The van der Waals surface area contributed by atoms with E-state index < -0.39 is 0 Å². The van der Waals surface area contributed by atoms with E-state index in [1.807, 2.05) is 13.0 Å². The summed E-state index contributed by atoms with van der Waals surface area (Å²) in [4.78, 5) is 11.1. The van der Waals surface area contributed by atoms with Crippen molar-refractivity contribution in [3.8, 4) is 0 Å². The molecule has 0 atom stereocenters. The molecule has 0 unspecified atom stereocenters. The fraction of sp³-hybridized carbons (Fsp3) is 0.222. The van der Waals surface area contributed by atoms with Crippen LogP contribution in [0.4, 0.5) is 0 Å². The molecule has 0 aliphatic carbocycles. The average molecular weight is 149 g/mol. The molecule has 0 N–H and O–H groups in total. The van der Waals surface area contributed by atoms with Gasteiger partial charge >= 0.3 is 0 Å². The Morgan fingerprint density at radius 1 is 1.64 bits per heavy atom. The monoisotopic (exact) mass is 149 g/mol. The highest BCUT2D eigenvalue weighted by atomic mass is 16.1. The first-order valence-electron chi connectivity index (χ1n) is 3.44. The van der Waals surface area contributed by atoms with Crippen LogP contribution in [0.1, 0.15) is 12.5 Å². The molecule has 2 heteroatoms. The topological polar surface area (TPSA) is 22.0 Å². The summed E-state index contributed by atoms with van der Waals surface area (Å²) in [6.07, 6.45) is 1.74. The van der Waals surface area contributed by atoms with Crippen LogP contribution in [0, 0.1) is 0 Å². The average Bonchev–Trinajstić information content (AvgIpc) is 1.94. The smallest absolute Gasteiger partial charge is 0.250 e. The van der Waals surface area contributed by atoms with Crippen molar-refractivity contribution in [2.24, 2.45) is 7.05 Å². The molecule has 1 aromatic heterocycles. The Morgan fingerprint density at radius 2 is 2.27 bits per heavy atom. The van der Waals surface area contributed by atoms with Gasteiger partial charge in [0.2, 0.25) is 0 Å². The van der Waals surface area contributed by atoms with E-state index in [9.17, 15) is 4.79 Å². The largest absolute Gasteiger partial charge is 0.319 e. The quantitative estimate of drug-likeness (QED) is 0.592. The van der Waals surface area contributed by atoms with Crippen molar-refractivity contribution in [3.05, 3.63) is 40.8 Å². The van der Waals surface area contributed by atoms with Gasteiger partial charge in [-0.2, -0.15) is 0 Å². The molecule has 0 bridgehead atoms. The molecule has 11 heavy (non-hydrogen) atoms. The Balaban J connectivity index is 3.26. The van der Waals surface area contributed by atoms with E-state index in [1.165, 1.54) is 4.57 Å². The van der Waals surface area contributed by atoms with Crippen LogP contribution in [0.15, 0.2) is 29.7 Å². The summed E-state index contributed by atoms with van der Waals surface area (Å²) >= 11 is 0. The first kappa shape index (κ1) is 7.79. The van der Waals surface area contributed by atoms with Gasteiger partial charge in [0.25, 0.3) is 5.56 Å². The maximum Gasteiger partial charge on any atom is 0.250 e. The molecule has 0 saturated carbocycles. The van der Waals surface area contributed by atoms with Gasteiger partial charge in [-0.25, -0.2) is 0 Å². The minimum absolute atomic E-state index is 0.00509. The maximum absolute atomic E-state index is 11.1. The highest BCUT2D eigenvalue weighted by Crippen LogP contribution is 2.06. The van der Waals surface area contributed by atoms with Crippen LogP contribution in [0.25, 0.3) is 5.57 Å². The highest BCUT2D eigenvalue weighted by molar-refractivity contribution is 5.60. The molecular formula is C9H11NO. The molecule has 0 aliphatic rings. The maximum atomic E-state index is 11.1. The van der Waals surface area contributed by atoms with Crippen molar-refractivity contribution >= 4 is 5.57 Å². The normalized spacial score (nSPS) is 9.64. The van der Waals surface area contributed by atoms with Crippen LogP contribution >= 0.6 is 0 Å². The molecule has 0 aromatic carbocycles. The van der Waals surface area contributed by atoms with Crippen molar-refractivity contribution < 1.29 is 0 Å². The third kappa shape index (κ3) is 1.58. The van der Waals surface area contributed by atoms with Gasteiger partial charge in [-0.3, -0.25) is 4.79 Å². The Bertz CT molecular complexity index is 336. The zero-order chi connectivity index (χ0) is 8.43. The molecule has 58 valence electrons. The van der Waals surface area contributed by atoms with E-state index in [2.05, 4.69) is 6.58 Å². The first-order chi connectivity index (χ1) is 5.11. The van der Waals surface area contributed by atoms with Gasteiger partial charge in [0.15, 0.2) is 0 Å². The van der Waals surface area contributed by atoms with Crippen LogP contribution in [0.3, 0.4) is 0 Å². The SMILES string of the molecule is C=C(C)c1ccn(C)c(=O)c1. The van der Waals surface area contributed by atoms with Gasteiger partial charge in [-0.05, 0) is 18.6 Å². The Labute approximate surface area is 65.8 Å². The van der Waals surface area contributed by atoms with E-state index in [-0.39, 0.29) is 5.56 Å². The third-order valence-corrected chi connectivity index (χ3v) is 1.60. The number of pyridine rings is 1. The second-order valence-electron chi connectivity index (χ2n) is 2.64. The lowest BCUT2D eigenvalue weighted by atomic mass is 10.1. The predicted molar refractivity (Wildman–Crippen MR) is 46.4 cm³/mol. The lowest BCUT2D eigenvalue weighted by molar-refractivity contribution is 0.858. The Hall–Kier alpha value is -1.31. The number of aryl methyl sites for hydroxylation is 1. The van der Waals surface area contributed by atoms with Crippen LogP contribution in [-0.2, 0) is 7.05 Å². The van der Waals surface area contributed by atoms with Crippen LogP contribution < -0.4 is 5.56 Å². The number of rotatable bonds is 1. The molecule has 0 radical (unpaired) electrons. The number of hydrogen-bond acceptors (Lipinski definition) is 1. The highest BCUT2D eigenvalue weighted by Gasteiger charge is 1.94. The van der Waals surface area contributed by atoms with Gasteiger partial charge in [0.1, 0.15) is 0 Å². The molecule has 1 rings (SSSR count). The van der Waals surface area contributed by atoms with Crippen molar-refractivity contribution in [3.63, 3.8) is 0 Å². The summed E-state index contributed by atoms with van der Waals surface area (Å²) in [7, 11) is 1.73. The van der Waals surface area contributed by atoms with Crippen molar-refractivity contribution in [1.82, 2.24) is 4.57 Å². The van der Waals surface area contributed by atoms with E-state index in [1.54, 1.807) is 19.3 Å². The van der Waals surface area contributed by atoms with Crippen molar-refractivity contribution in [2.45, 2.75) is 6.92 Å². The lowest BCUT2D eigenvalue weighted by Crippen LogP contribution is -2.14. The van der Waals surface area contributed by atoms with E-state index >= 15 is 0 Å². The number of hydrogen-bond donors (Lipinski definition) is 0. The molecular weight excluding hydrogens is 138 g/mol. The van der Waals surface area contributed by atoms with Crippen LogP contribution in [-0.4, -0.2) is 4.57 Å². The molecule has 0 aliphatic heterocycles. The number of aromatic nitrogens is 1. The number of nitrogens with zero attached hydrogens (tertiary/aromatic N) is 1. The van der Waals surface area contributed by atoms with Gasteiger partial charge in [0, 0.05) is 19.3 Å². The third-order valence-electron chi connectivity index (χ3n) is 1.60. The summed E-state index contributed by atoms with van der Waals surface area (Å²) in [5.41, 5.74) is 1.83. The van der Waals surface area contributed by atoms with Gasteiger partial charge < -0.3 is 4.57 Å². The summed E-state index contributed by atoms with van der Waals surface area (Å²) in [6.45, 7) is 5.63. The molecule has 0 spiro atoms. The summed E-state index contributed by atoms with van der Waals surface area (Å²) < 4.78 is 1.53. The zero-order valence-electron chi connectivity index (χ0n) is 6.79. The van der Waals surface area contributed by atoms with E-state index in [0.29, 0.717) is 0 Å². The van der Waals surface area contributed by atoms with Gasteiger partial charge in [-0.15, -0.1) is 0 Å². The van der Waals surface area contributed by atoms with Gasteiger partial charge in [0.05, 0.1) is 0 Å². The first-order valence-corrected chi connectivity index (χ1v) is 3.44. The van der Waals surface area contributed by atoms with Crippen LogP contribution in [0.2, 0.25) is 0 Å². The number of allylic oxidation sites excluding steroid dienone is 1. The fourth-order valence-corrected chi connectivity index (χ4v) is 0.814. The summed E-state index contributed by atoms with van der Waals surface area (Å²) in [6, 6.07) is 3.46. The zero-order valence-corrected chi connectivity index (χ0v) is 6.79. The molecule has 0 fully saturated rings. The minimum Gasteiger partial charge on any atom is -0.319 e.